The van der Waals surface area contributed by atoms with Gasteiger partial charge in [0.15, 0.2) is 11.6 Å². The number of carbonyl (C=O) groups excluding carboxylic acids is 1. The number of nitrogens with two attached hydrogens (primary N) is 1. The monoisotopic (exact) mass is 411 g/mol. The molecule has 0 saturated heterocycles. The summed E-state index contributed by atoms with van der Waals surface area (Å²) in [5, 5.41) is 6.05. The second kappa shape index (κ2) is 8.42. The van der Waals surface area contributed by atoms with Crippen LogP contribution in [0.5, 0.6) is 11.5 Å². The molecule has 0 aliphatic carbocycles. The fourth-order valence-corrected chi connectivity index (χ4v) is 3.53. The summed E-state index contributed by atoms with van der Waals surface area (Å²) in [6.07, 6.45) is 3.87. The zero-order chi connectivity index (χ0) is 21.1. The number of pyridine rings is 1. The van der Waals surface area contributed by atoms with Crippen LogP contribution in [0.25, 0.3) is 11.3 Å². The third-order valence-corrected chi connectivity index (χ3v) is 4.83. The van der Waals surface area contributed by atoms with Crippen molar-refractivity contribution in [2.75, 3.05) is 32.1 Å². The van der Waals surface area contributed by atoms with Crippen LogP contribution < -0.4 is 25.8 Å². The maximum absolute atomic E-state index is 14.2. The largest absolute Gasteiger partial charge is 0.492 e. The molecule has 0 radical (unpaired) electrons. The molecule has 5 N–H and O–H groups in total. The Labute approximate surface area is 172 Å². The van der Waals surface area contributed by atoms with E-state index in [9.17, 15) is 9.18 Å². The average Bonchev–Trinajstić information content (AvgIpc) is 3.12. The summed E-state index contributed by atoms with van der Waals surface area (Å²) in [4.78, 5) is 20.1. The third-order valence-electron chi connectivity index (χ3n) is 4.83. The molecule has 3 heterocycles. The highest BCUT2D eigenvalue weighted by Crippen LogP contribution is 2.41. The predicted octanol–water partition coefficient (Wildman–Crippen LogP) is 2.59. The number of aromatic nitrogens is 2. The van der Waals surface area contributed by atoms with Gasteiger partial charge in [0.05, 0.1) is 35.9 Å². The minimum Gasteiger partial charge on any atom is -0.492 e. The lowest BCUT2D eigenvalue weighted by Gasteiger charge is -2.17. The van der Waals surface area contributed by atoms with E-state index in [0.717, 1.165) is 5.69 Å². The number of H-pyrrole nitrogens is 1. The smallest absolute Gasteiger partial charge is 0.255 e. The minimum absolute atomic E-state index is 0.0592. The van der Waals surface area contributed by atoms with E-state index in [-0.39, 0.29) is 11.7 Å². The summed E-state index contributed by atoms with van der Waals surface area (Å²) in [6, 6.07) is 6.35. The highest BCUT2D eigenvalue weighted by Gasteiger charge is 2.28. The van der Waals surface area contributed by atoms with E-state index in [0.29, 0.717) is 60.1 Å². The Bertz CT molecular complexity index is 1080. The van der Waals surface area contributed by atoms with Gasteiger partial charge in [-0.05, 0) is 18.2 Å². The highest BCUT2D eigenvalue weighted by atomic mass is 19.1. The zero-order valence-corrected chi connectivity index (χ0v) is 16.4. The molecule has 1 aliphatic heterocycles. The van der Waals surface area contributed by atoms with Crippen molar-refractivity contribution in [1.29, 1.82) is 0 Å². The number of benzene rings is 1. The number of aromatic amines is 1. The summed E-state index contributed by atoms with van der Waals surface area (Å²) in [5.74, 6) is -0.135. The number of hydrogen-bond acceptors (Lipinski definition) is 6. The summed E-state index contributed by atoms with van der Waals surface area (Å²) < 4.78 is 25.2. The second-order valence-corrected chi connectivity index (χ2v) is 6.69. The maximum atomic E-state index is 14.2. The van der Waals surface area contributed by atoms with Gasteiger partial charge < -0.3 is 30.8 Å². The number of amides is 1. The van der Waals surface area contributed by atoms with Gasteiger partial charge in [0.25, 0.3) is 5.91 Å². The van der Waals surface area contributed by atoms with E-state index in [1.165, 1.54) is 13.2 Å². The molecule has 4 rings (SSSR count). The molecule has 0 unspecified atom stereocenters. The van der Waals surface area contributed by atoms with Gasteiger partial charge in [0.1, 0.15) is 12.4 Å². The Morgan fingerprint density at radius 3 is 3.00 bits per heavy atom. The van der Waals surface area contributed by atoms with Crippen molar-refractivity contribution in [3.05, 3.63) is 53.7 Å². The van der Waals surface area contributed by atoms with E-state index in [4.69, 9.17) is 15.2 Å². The van der Waals surface area contributed by atoms with Crippen molar-refractivity contribution in [3.63, 3.8) is 0 Å². The Morgan fingerprint density at radius 1 is 1.33 bits per heavy atom. The lowest BCUT2D eigenvalue weighted by Crippen LogP contribution is -2.31. The van der Waals surface area contributed by atoms with Gasteiger partial charge in [0.2, 0.25) is 0 Å². The van der Waals surface area contributed by atoms with Crippen LogP contribution in [-0.2, 0) is 6.42 Å². The zero-order valence-electron chi connectivity index (χ0n) is 16.4. The van der Waals surface area contributed by atoms with Crippen molar-refractivity contribution in [2.45, 2.75) is 6.42 Å². The van der Waals surface area contributed by atoms with Crippen molar-refractivity contribution in [3.8, 4) is 22.8 Å². The second-order valence-electron chi connectivity index (χ2n) is 6.69. The molecule has 1 amide bonds. The van der Waals surface area contributed by atoms with Crippen molar-refractivity contribution in [2.24, 2.45) is 5.73 Å². The number of rotatable bonds is 7. The first kappa shape index (κ1) is 19.7. The molecule has 0 atom stereocenters. The van der Waals surface area contributed by atoms with Gasteiger partial charge in [-0.15, -0.1) is 0 Å². The summed E-state index contributed by atoms with van der Waals surface area (Å²) in [6.45, 7) is 1.20. The first-order chi connectivity index (χ1) is 14.6. The van der Waals surface area contributed by atoms with Gasteiger partial charge in [-0.3, -0.25) is 9.78 Å². The standard InChI is InChI=1S/C21H22FN5O3/c1-29-20-13(22)3-2-4-15(20)27-19-17-14(6-9-25-21(17)28)26-18(19)12-5-8-24-11-16(12)30-10-7-23/h2-5,8,11,26-27H,6-7,9-10,23H2,1H3,(H,25,28). The van der Waals surface area contributed by atoms with E-state index >= 15 is 0 Å². The molecule has 0 saturated carbocycles. The van der Waals surface area contributed by atoms with Crippen LogP contribution in [0.3, 0.4) is 0 Å². The number of nitrogens with zero attached hydrogens (tertiary/aromatic N) is 1. The Balaban J connectivity index is 1.88. The van der Waals surface area contributed by atoms with Gasteiger partial charge in [0, 0.05) is 37.0 Å². The van der Waals surface area contributed by atoms with E-state index < -0.39 is 5.82 Å². The van der Waals surface area contributed by atoms with Gasteiger partial charge >= 0.3 is 0 Å². The quantitative estimate of drug-likeness (QED) is 0.475. The number of hydrogen-bond donors (Lipinski definition) is 4. The number of nitrogens with one attached hydrogen (secondary N) is 3. The topological polar surface area (TPSA) is 114 Å². The summed E-state index contributed by atoms with van der Waals surface area (Å²) in [7, 11) is 1.39. The predicted molar refractivity (Wildman–Crippen MR) is 111 cm³/mol. The molecule has 1 aromatic carbocycles. The van der Waals surface area contributed by atoms with Crippen LogP contribution in [0, 0.1) is 5.82 Å². The minimum atomic E-state index is -0.506. The fraction of sp³-hybridized carbons (Fsp3) is 0.238. The molecule has 156 valence electrons. The van der Waals surface area contributed by atoms with Crippen molar-refractivity contribution in [1.82, 2.24) is 15.3 Å². The number of halogens is 1. The summed E-state index contributed by atoms with van der Waals surface area (Å²) in [5.41, 5.74) is 9.09. The van der Waals surface area contributed by atoms with E-state index in [1.807, 2.05) is 0 Å². The fourth-order valence-electron chi connectivity index (χ4n) is 3.53. The molecular formula is C21H22FN5O3. The lowest BCUT2D eigenvalue weighted by molar-refractivity contribution is 0.0947. The van der Waals surface area contributed by atoms with Crippen LogP contribution in [0.4, 0.5) is 15.8 Å². The Hall–Kier alpha value is -3.59. The van der Waals surface area contributed by atoms with Crippen LogP contribution in [0.1, 0.15) is 16.1 Å². The molecular weight excluding hydrogens is 389 g/mol. The SMILES string of the molecule is COc1c(F)cccc1Nc1c(-c2ccncc2OCCN)[nH]c2c1C(=O)NCC2. The molecule has 30 heavy (non-hydrogen) atoms. The number of fused-ring (bicyclic) bond motifs is 1. The Kier molecular flexibility index (Phi) is 5.53. The number of anilines is 2. The first-order valence-electron chi connectivity index (χ1n) is 9.53. The molecule has 0 fully saturated rings. The van der Waals surface area contributed by atoms with Crippen LogP contribution in [-0.4, -0.2) is 42.7 Å². The molecule has 0 bridgehead atoms. The number of methoxy groups -OCH3 is 1. The van der Waals surface area contributed by atoms with Gasteiger partial charge in [-0.2, -0.15) is 0 Å². The van der Waals surface area contributed by atoms with Crippen molar-refractivity contribution < 1.29 is 18.7 Å². The number of para-hydroxylation sites is 1. The molecule has 9 heteroatoms. The lowest BCUT2D eigenvalue weighted by atomic mass is 10.0. The molecule has 0 spiro atoms. The maximum Gasteiger partial charge on any atom is 0.255 e. The highest BCUT2D eigenvalue weighted by molar-refractivity contribution is 6.06. The van der Waals surface area contributed by atoms with Crippen LogP contribution in [0.15, 0.2) is 36.7 Å². The van der Waals surface area contributed by atoms with E-state index in [2.05, 4.69) is 20.6 Å². The molecule has 3 aromatic rings. The number of ether oxygens (including phenoxy) is 2. The summed E-state index contributed by atoms with van der Waals surface area (Å²) >= 11 is 0. The molecule has 8 nitrogen and oxygen atoms in total. The van der Waals surface area contributed by atoms with Gasteiger partial charge in [-0.25, -0.2) is 4.39 Å². The molecule has 2 aromatic heterocycles. The van der Waals surface area contributed by atoms with E-state index in [1.54, 1.807) is 30.6 Å². The Morgan fingerprint density at radius 2 is 2.20 bits per heavy atom. The first-order valence-corrected chi connectivity index (χ1v) is 9.53. The van der Waals surface area contributed by atoms with Crippen molar-refractivity contribution >= 4 is 17.3 Å². The van der Waals surface area contributed by atoms with Gasteiger partial charge in [-0.1, -0.05) is 6.07 Å². The van der Waals surface area contributed by atoms with Crippen LogP contribution >= 0.6 is 0 Å². The molecule has 1 aliphatic rings. The number of carbonyl (C=O) groups is 1. The normalized spacial score (nSPS) is 12.8. The third kappa shape index (κ3) is 3.55. The van der Waals surface area contributed by atoms with Crippen LogP contribution in [0.2, 0.25) is 0 Å². The average molecular weight is 411 g/mol.